The van der Waals surface area contributed by atoms with Gasteiger partial charge >= 0.3 is 0 Å². The molecule has 0 spiro atoms. The fourth-order valence-electron chi connectivity index (χ4n) is 3.52. The van der Waals surface area contributed by atoms with Gasteiger partial charge in [0.2, 0.25) is 0 Å². The van der Waals surface area contributed by atoms with E-state index in [1.165, 1.54) is 5.01 Å². The molecule has 4 nitrogen and oxygen atoms in total. The Hall–Kier alpha value is -3.02. The van der Waals surface area contributed by atoms with Crippen molar-refractivity contribution in [1.82, 2.24) is 0 Å². The van der Waals surface area contributed by atoms with Crippen LogP contribution in [0.4, 0.5) is 5.69 Å². The minimum absolute atomic E-state index is 0.315. The fourth-order valence-corrected chi connectivity index (χ4v) is 4.11. The molecule has 1 aliphatic rings. The third-order valence-corrected chi connectivity index (χ3v) is 6.67. The van der Waals surface area contributed by atoms with Gasteiger partial charge in [-0.05, 0) is 54.6 Å². The van der Waals surface area contributed by atoms with Gasteiger partial charge in [0.15, 0.2) is 0 Å². The summed E-state index contributed by atoms with van der Waals surface area (Å²) < 4.78 is 5.99. The number of amides is 1. The predicted molar refractivity (Wildman–Crippen MR) is 139 cm³/mol. The summed E-state index contributed by atoms with van der Waals surface area (Å²) in [7, 11) is 0. The first-order chi connectivity index (χ1) is 16.4. The molecule has 5 rings (SSSR count). The highest BCUT2D eigenvalue weighted by molar-refractivity contribution is 6.43. The zero-order valence-electron chi connectivity index (χ0n) is 17.3. The minimum atomic E-state index is -0.315. The van der Waals surface area contributed by atoms with Crippen LogP contribution in [0.5, 0.6) is 0 Å². The number of halogens is 4. The highest BCUT2D eigenvalue weighted by Gasteiger charge is 2.32. The molecular formula is C26H14Cl4N2O2. The number of furan rings is 1. The van der Waals surface area contributed by atoms with Crippen LogP contribution in [0.15, 0.2) is 94.0 Å². The SMILES string of the molecule is O=C1/C(=C\c2ccc(-c3ccc(Cl)c(Cl)c3)o2)C(c2ccccc2)=NN1c1ccc(Cl)c(Cl)c1. The minimum Gasteiger partial charge on any atom is -0.457 e. The lowest BCUT2D eigenvalue weighted by Crippen LogP contribution is -2.21. The van der Waals surface area contributed by atoms with Gasteiger partial charge in [0.05, 0.1) is 31.4 Å². The lowest BCUT2D eigenvalue weighted by atomic mass is 10.0. The molecule has 34 heavy (non-hydrogen) atoms. The van der Waals surface area contributed by atoms with Gasteiger partial charge in [-0.15, -0.1) is 0 Å². The Labute approximate surface area is 215 Å². The maximum absolute atomic E-state index is 13.4. The van der Waals surface area contributed by atoms with Crippen molar-refractivity contribution in [1.29, 1.82) is 0 Å². The number of anilines is 1. The van der Waals surface area contributed by atoms with Crippen molar-refractivity contribution in [2.24, 2.45) is 5.10 Å². The first-order valence-electron chi connectivity index (χ1n) is 10.1. The Morgan fingerprint density at radius 1 is 0.735 bits per heavy atom. The number of carbonyl (C=O) groups excluding carboxylic acids is 1. The van der Waals surface area contributed by atoms with Crippen molar-refractivity contribution in [3.63, 3.8) is 0 Å². The van der Waals surface area contributed by atoms with E-state index in [0.717, 1.165) is 11.1 Å². The maximum atomic E-state index is 13.4. The van der Waals surface area contributed by atoms with Crippen LogP contribution in [0.3, 0.4) is 0 Å². The van der Waals surface area contributed by atoms with Gasteiger partial charge in [-0.2, -0.15) is 10.1 Å². The Balaban J connectivity index is 1.56. The molecule has 0 saturated carbocycles. The first-order valence-corrected chi connectivity index (χ1v) is 11.6. The summed E-state index contributed by atoms with van der Waals surface area (Å²) in [6.07, 6.45) is 1.67. The molecule has 1 aromatic heterocycles. The molecule has 4 aromatic rings. The number of benzene rings is 3. The van der Waals surface area contributed by atoms with E-state index in [4.69, 9.17) is 50.8 Å². The molecule has 1 aliphatic heterocycles. The lowest BCUT2D eigenvalue weighted by Gasteiger charge is -2.12. The monoisotopic (exact) mass is 526 g/mol. The average Bonchev–Trinajstić information content (AvgIpc) is 3.43. The number of hydrogen-bond donors (Lipinski definition) is 0. The summed E-state index contributed by atoms with van der Waals surface area (Å²) in [6, 6.07) is 23.2. The average molecular weight is 528 g/mol. The summed E-state index contributed by atoms with van der Waals surface area (Å²) in [6.45, 7) is 0. The number of hydrazone groups is 1. The van der Waals surface area contributed by atoms with E-state index < -0.39 is 0 Å². The Morgan fingerprint density at radius 3 is 2.15 bits per heavy atom. The van der Waals surface area contributed by atoms with Crippen LogP contribution in [0.1, 0.15) is 11.3 Å². The molecule has 3 aromatic carbocycles. The van der Waals surface area contributed by atoms with Crippen LogP contribution in [0.25, 0.3) is 17.4 Å². The molecule has 0 atom stereocenters. The molecule has 2 heterocycles. The van der Waals surface area contributed by atoms with Crippen molar-refractivity contribution < 1.29 is 9.21 Å². The number of rotatable bonds is 4. The largest absolute Gasteiger partial charge is 0.457 e. The zero-order valence-corrected chi connectivity index (χ0v) is 20.3. The number of carbonyl (C=O) groups is 1. The standard InChI is InChI=1S/C26H14Cl4N2O2/c27-20-9-6-16(12-22(20)29)24-11-8-18(34-24)14-19-25(15-4-2-1-3-5-15)31-32(26(19)33)17-7-10-21(28)23(30)13-17/h1-14H/b19-14-. The van der Waals surface area contributed by atoms with E-state index in [0.29, 0.717) is 48.6 Å². The molecule has 0 unspecified atom stereocenters. The van der Waals surface area contributed by atoms with Crippen molar-refractivity contribution in [3.8, 4) is 11.3 Å². The van der Waals surface area contributed by atoms with Crippen molar-refractivity contribution in [2.75, 3.05) is 5.01 Å². The van der Waals surface area contributed by atoms with Crippen molar-refractivity contribution in [3.05, 3.63) is 116 Å². The summed E-state index contributed by atoms with van der Waals surface area (Å²) in [5.74, 6) is 0.768. The fraction of sp³-hybridized carbons (Fsp3) is 0. The second-order valence-corrected chi connectivity index (χ2v) is 9.05. The molecule has 0 N–H and O–H groups in total. The quantitative estimate of drug-likeness (QED) is 0.250. The predicted octanol–water partition coefficient (Wildman–Crippen LogP) is 8.39. The third-order valence-electron chi connectivity index (χ3n) is 5.19. The summed E-state index contributed by atoms with van der Waals surface area (Å²) in [4.78, 5) is 13.4. The van der Waals surface area contributed by atoms with Crippen LogP contribution < -0.4 is 5.01 Å². The van der Waals surface area contributed by atoms with Gasteiger partial charge in [-0.3, -0.25) is 4.79 Å². The van der Waals surface area contributed by atoms with E-state index in [9.17, 15) is 4.79 Å². The molecule has 8 heteroatoms. The van der Waals surface area contributed by atoms with Crippen molar-refractivity contribution in [2.45, 2.75) is 0 Å². The van der Waals surface area contributed by atoms with E-state index in [-0.39, 0.29) is 5.91 Å². The van der Waals surface area contributed by atoms with Crippen LogP contribution in [0.2, 0.25) is 20.1 Å². The third kappa shape index (κ3) is 4.38. The second-order valence-electron chi connectivity index (χ2n) is 7.42. The van der Waals surface area contributed by atoms with Crippen LogP contribution >= 0.6 is 46.4 Å². The topological polar surface area (TPSA) is 45.8 Å². The van der Waals surface area contributed by atoms with Gasteiger partial charge in [0, 0.05) is 11.1 Å². The maximum Gasteiger partial charge on any atom is 0.281 e. The van der Waals surface area contributed by atoms with E-state index in [1.807, 2.05) is 42.5 Å². The smallest absolute Gasteiger partial charge is 0.281 e. The molecule has 0 saturated heterocycles. The number of nitrogens with zero attached hydrogens (tertiary/aromatic N) is 2. The molecule has 1 amide bonds. The molecule has 168 valence electrons. The van der Waals surface area contributed by atoms with Gasteiger partial charge < -0.3 is 4.42 Å². The first kappa shape index (κ1) is 22.8. The Kier molecular flexibility index (Phi) is 6.24. The Morgan fingerprint density at radius 2 is 1.44 bits per heavy atom. The highest BCUT2D eigenvalue weighted by atomic mass is 35.5. The van der Waals surface area contributed by atoms with E-state index in [2.05, 4.69) is 5.10 Å². The van der Waals surface area contributed by atoms with Crippen LogP contribution in [-0.4, -0.2) is 11.6 Å². The van der Waals surface area contributed by atoms with Gasteiger partial charge in [0.25, 0.3) is 5.91 Å². The van der Waals surface area contributed by atoms with E-state index in [1.54, 1.807) is 42.5 Å². The van der Waals surface area contributed by atoms with Gasteiger partial charge in [-0.25, -0.2) is 0 Å². The van der Waals surface area contributed by atoms with Crippen LogP contribution in [0, 0.1) is 0 Å². The summed E-state index contributed by atoms with van der Waals surface area (Å²) >= 11 is 24.4. The Bertz CT molecular complexity index is 1480. The summed E-state index contributed by atoms with van der Waals surface area (Å²) in [5.41, 5.74) is 2.97. The lowest BCUT2D eigenvalue weighted by molar-refractivity contribution is -0.114. The molecule has 0 radical (unpaired) electrons. The zero-order chi connectivity index (χ0) is 23.8. The van der Waals surface area contributed by atoms with Crippen molar-refractivity contribution >= 4 is 69.8 Å². The molecule has 0 aliphatic carbocycles. The molecular weight excluding hydrogens is 514 g/mol. The second kappa shape index (κ2) is 9.32. The molecule has 0 bridgehead atoms. The molecule has 0 fully saturated rings. The van der Waals surface area contributed by atoms with Crippen LogP contribution in [-0.2, 0) is 4.79 Å². The van der Waals surface area contributed by atoms with Gasteiger partial charge in [-0.1, -0.05) is 76.7 Å². The summed E-state index contributed by atoms with van der Waals surface area (Å²) in [5, 5.41) is 7.52. The van der Waals surface area contributed by atoms with E-state index >= 15 is 0 Å². The normalized spacial score (nSPS) is 14.7. The highest BCUT2D eigenvalue weighted by Crippen LogP contribution is 2.34. The van der Waals surface area contributed by atoms with Gasteiger partial charge in [0.1, 0.15) is 17.2 Å². The number of hydrogen-bond acceptors (Lipinski definition) is 3.